The van der Waals surface area contributed by atoms with Crippen molar-refractivity contribution in [1.82, 2.24) is 4.57 Å². The fourth-order valence-electron chi connectivity index (χ4n) is 4.57. The van der Waals surface area contributed by atoms with Gasteiger partial charge in [0.2, 0.25) is 0 Å². The average molecular weight is 428 g/mol. The third-order valence-corrected chi connectivity index (χ3v) is 6.11. The summed E-state index contributed by atoms with van der Waals surface area (Å²) in [6.45, 7) is 7.13. The van der Waals surface area contributed by atoms with Crippen LogP contribution in [-0.2, 0) is 11.3 Å². The van der Waals surface area contributed by atoms with E-state index in [0.717, 1.165) is 58.6 Å². The van der Waals surface area contributed by atoms with E-state index < -0.39 is 0 Å². The summed E-state index contributed by atoms with van der Waals surface area (Å²) in [6, 6.07) is 21.4. The standard InChI is InChI=1S/C28H26FNO2/c1-3-22-27-24(11-7-12-25(27)32-18-20-9-5-4-6-10-20)30(28(22)26-13-8-16-31-26)21-14-15-23(29)19(2)17-21/h3-7,9-12,14-15,17,26H,1,8,13,16,18H2,2H3. The number of ether oxygens (including phenoxy) is 2. The van der Waals surface area contributed by atoms with Crippen molar-refractivity contribution in [3.05, 3.63) is 102 Å². The predicted molar refractivity (Wildman–Crippen MR) is 127 cm³/mol. The molecule has 3 aromatic carbocycles. The molecule has 1 aliphatic rings. The normalized spacial score (nSPS) is 15.9. The topological polar surface area (TPSA) is 23.4 Å². The molecule has 1 unspecified atom stereocenters. The Balaban J connectivity index is 1.71. The van der Waals surface area contributed by atoms with Gasteiger partial charge in [-0.2, -0.15) is 0 Å². The Morgan fingerprint density at radius 2 is 1.97 bits per heavy atom. The Kier molecular flexibility index (Phi) is 5.54. The Labute approximate surface area is 187 Å². The van der Waals surface area contributed by atoms with Crippen LogP contribution in [0.2, 0.25) is 0 Å². The Morgan fingerprint density at radius 1 is 1.12 bits per heavy atom. The average Bonchev–Trinajstić information content (AvgIpc) is 3.46. The summed E-state index contributed by atoms with van der Waals surface area (Å²) in [4.78, 5) is 0. The lowest BCUT2D eigenvalue weighted by Crippen LogP contribution is -2.07. The van der Waals surface area contributed by atoms with E-state index in [-0.39, 0.29) is 11.9 Å². The number of hydrogen-bond donors (Lipinski definition) is 0. The highest BCUT2D eigenvalue weighted by Crippen LogP contribution is 2.42. The maximum Gasteiger partial charge on any atom is 0.129 e. The van der Waals surface area contributed by atoms with Crippen molar-refractivity contribution in [1.29, 1.82) is 0 Å². The number of hydrogen-bond acceptors (Lipinski definition) is 2. The van der Waals surface area contributed by atoms with Crippen molar-refractivity contribution in [3.8, 4) is 11.4 Å². The summed E-state index contributed by atoms with van der Waals surface area (Å²) in [6.07, 6.45) is 3.81. The van der Waals surface area contributed by atoms with Gasteiger partial charge in [0.1, 0.15) is 18.2 Å². The summed E-state index contributed by atoms with van der Waals surface area (Å²) in [7, 11) is 0. The molecule has 1 aliphatic heterocycles. The highest BCUT2D eigenvalue weighted by atomic mass is 19.1. The zero-order chi connectivity index (χ0) is 22.1. The molecular weight excluding hydrogens is 401 g/mol. The zero-order valence-corrected chi connectivity index (χ0v) is 18.2. The van der Waals surface area contributed by atoms with Gasteiger partial charge >= 0.3 is 0 Å². The summed E-state index contributed by atoms with van der Waals surface area (Å²) in [5.41, 5.74) is 5.69. The second-order valence-electron chi connectivity index (χ2n) is 8.20. The van der Waals surface area contributed by atoms with Crippen molar-refractivity contribution < 1.29 is 13.9 Å². The second-order valence-corrected chi connectivity index (χ2v) is 8.20. The first-order valence-electron chi connectivity index (χ1n) is 11.0. The van der Waals surface area contributed by atoms with Crippen LogP contribution in [0, 0.1) is 12.7 Å². The number of benzene rings is 3. The number of aryl methyl sites for hydroxylation is 1. The van der Waals surface area contributed by atoms with Gasteiger partial charge in [-0.3, -0.25) is 0 Å². The molecule has 5 rings (SSSR count). The lowest BCUT2D eigenvalue weighted by molar-refractivity contribution is 0.107. The number of nitrogens with zero attached hydrogens (tertiary/aromatic N) is 1. The van der Waals surface area contributed by atoms with E-state index in [0.29, 0.717) is 12.2 Å². The monoisotopic (exact) mass is 427 g/mol. The highest BCUT2D eigenvalue weighted by molar-refractivity contribution is 5.97. The molecule has 162 valence electrons. The molecule has 1 fully saturated rings. The largest absolute Gasteiger partial charge is 0.488 e. The molecule has 0 amide bonds. The fraction of sp³-hybridized carbons (Fsp3) is 0.214. The molecule has 1 atom stereocenters. The molecular formula is C28H26FNO2. The fourth-order valence-corrected chi connectivity index (χ4v) is 4.57. The zero-order valence-electron chi connectivity index (χ0n) is 18.2. The quantitative estimate of drug-likeness (QED) is 0.326. The van der Waals surface area contributed by atoms with Gasteiger partial charge in [0.25, 0.3) is 0 Å². The third-order valence-electron chi connectivity index (χ3n) is 6.11. The first-order chi connectivity index (χ1) is 15.7. The van der Waals surface area contributed by atoms with Gasteiger partial charge in [0, 0.05) is 23.2 Å². The molecule has 0 bridgehead atoms. The minimum absolute atomic E-state index is 0.0391. The molecule has 2 heterocycles. The molecule has 0 spiro atoms. The Hall–Kier alpha value is -3.37. The SMILES string of the molecule is C=Cc1c(C2CCCO2)n(-c2ccc(F)c(C)c2)c2cccc(OCc3ccccc3)c12. The van der Waals surface area contributed by atoms with Crippen LogP contribution in [0.25, 0.3) is 22.7 Å². The Bertz CT molecular complexity index is 1270. The van der Waals surface area contributed by atoms with Gasteiger partial charge in [-0.15, -0.1) is 0 Å². The molecule has 1 aromatic heterocycles. The summed E-state index contributed by atoms with van der Waals surface area (Å²) < 4.78 is 28.6. The number of halogens is 1. The van der Waals surface area contributed by atoms with Crippen LogP contribution in [-0.4, -0.2) is 11.2 Å². The predicted octanol–water partition coefficient (Wildman–Crippen LogP) is 7.15. The minimum Gasteiger partial charge on any atom is -0.488 e. The van der Waals surface area contributed by atoms with Crippen LogP contribution < -0.4 is 4.74 Å². The van der Waals surface area contributed by atoms with Crippen LogP contribution >= 0.6 is 0 Å². The maximum atomic E-state index is 14.1. The van der Waals surface area contributed by atoms with Crippen LogP contribution in [0.5, 0.6) is 5.75 Å². The molecule has 0 N–H and O–H groups in total. The lowest BCUT2D eigenvalue weighted by Gasteiger charge is -2.17. The third kappa shape index (κ3) is 3.61. The van der Waals surface area contributed by atoms with E-state index in [4.69, 9.17) is 9.47 Å². The number of fused-ring (bicyclic) bond motifs is 1. The van der Waals surface area contributed by atoms with Crippen LogP contribution in [0.3, 0.4) is 0 Å². The molecule has 4 heteroatoms. The summed E-state index contributed by atoms with van der Waals surface area (Å²) in [5.74, 6) is 0.595. The first kappa shape index (κ1) is 20.5. The van der Waals surface area contributed by atoms with E-state index in [1.54, 1.807) is 6.92 Å². The van der Waals surface area contributed by atoms with Gasteiger partial charge in [-0.25, -0.2) is 4.39 Å². The molecule has 0 aliphatic carbocycles. The van der Waals surface area contributed by atoms with Crippen molar-refractivity contribution in [2.24, 2.45) is 0 Å². The molecule has 3 nitrogen and oxygen atoms in total. The van der Waals surface area contributed by atoms with Gasteiger partial charge < -0.3 is 14.0 Å². The van der Waals surface area contributed by atoms with Gasteiger partial charge in [0.15, 0.2) is 0 Å². The highest BCUT2D eigenvalue weighted by Gasteiger charge is 2.28. The van der Waals surface area contributed by atoms with E-state index >= 15 is 0 Å². The van der Waals surface area contributed by atoms with Crippen molar-refractivity contribution >= 4 is 17.0 Å². The summed E-state index contributed by atoms with van der Waals surface area (Å²) in [5, 5.41) is 1.01. The molecule has 32 heavy (non-hydrogen) atoms. The smallest absolute Gasteiger partial charge is 0.129 e. The van der Waals surface area contributed by atoms with E-state index in [2.05, 4.69) is 29.3 Å². The van der Waals surface area contributed by atoms with E-state index in [9.17, 15) is 4.39 Å². The van der Waals surface area contributed by atoms with Crippen LogP contribution in [0.15, 0.2) is 73.3 Å². The summed E-state index contributed by atoms with van der Waals surface area (Å²) >= 11 is 0. The molecule has 0 saturated carbocycles. The van der Waals surface area contributed by atoms with Gasteiger partial charge in [0.05, 0.1) is 17.3 Å². The van der Waals surface area contributed by atoms with Gasteiger partial charge in [-0.05, 0) is 61.2 Å². The van der Waals surface area contributed by atoms with Gasteiger partial charge in [-0.1, -0.05) is 49.1 Å². The first-order valence-corrected chi connectivity index (χ1v) is 11.0. The molecule has 4 aromatic rings. The van der Waals surface area contributed by atoms with Crippen LogP contribution in [0.4, 0.5) is 4.39 Å². The number of aromatic nitrogens is 1. The van der Waals surface area contributed by atoms with Crippen molar-refractivity contribution in [3.63, 3.8) is 0 Å². The Morgan fingerprint density at radius 3 is 2.69 bits per heavy atom. The molecule has 0 radical (unpaired) electrons. The van der Waals surface area contributed by atoms with E-state index in [1.165, 1.54) is 6.07 Å². The molecule has 1 saturated heterocycles. The second kappa shape index (κ2) is 8.64. The maximum absolute atomic E-state index is 14.1. The van der Waals surface area contributed by atoms with Crippen molar-refractivity contribution in [2.45, 2.75) is 32.5 Å². The van der Waals surface area contributed by atoms with Crippen molar-refractivity contribution in [2.75, 3.05) is 6.61 Å². The lowest BCUT2D eigenvalue weighted by atomic mass is 10.0. The van der Waals surface area contributed by atoms with Crippen LogP contribution in [0.1, 0.15) is 41.3 Å². The number of rotatable bonds is 6. The minimum atomic E-state index is -0.209. The van der Waals surface area contributed by atoms with E-state index in [1.807, 2.05) is 48.5 Å².